The minimum Gasteiger partial charge on any atom is -0.398 e. The van der Waals surface area contributed by atoms with Crippen LogP contribution < -0.4 is 5.73 Å². The van der Waals surface area contributed by atoms with Crippen LogP contribution in [0.2, 0.25) is 5.02 Å². The van der Waals surface area contributed by atoms with E-state index in [1.54, 1.807) is 25.1 Å². The van der Waals surface area contributed by atoms with Crippen molar-refractivity contribution >= 4 is 23.1 Å². The Morgan fingerprint density at radius 3 is 2.74 bits per heavy atom. The standard InChI is InChI=1S/C15H13ClFNO/c1-9-12(3-2-4-14(9)18)15(19)7-10-5-6-11(17)8-13(10)16/h2-6,8H,7,18H2,1H3. The zero-order valence-corrected chi connectivity index (χ0v) is 11.2. The number of hydrogen-bond donors (Lipinski definition) is 1. The lowest BCUT2D eigenvalue weighted by Crippen LogP contribution is -2.07. The van der Waals surface area contributed by atoms with Crippen LogP contribution in [0.5, 0.6) is 0 Å². The molecule has 98 valence electrons. The molecule has 0 amide bonds. The normalized spacial score (nSPS) is 10.5. The number of Topliss-reactive ketones (excluding diaryl/α,β-unsaturated/α-hetero) is 1. The van der Waals surface area contributed by atoms with Crippen LogP contribution >= 0.6 is 11.6 Å². The monoisotopic (exact) mass is 277 g/mol. The topological polar surface area (TPSA) is 43.1 Å². The first-order chi connectivity index (χ1) is 8.99. The summed E-state index contributed by atoms with van der Waals surface area (Å²) in [5.74, 6) is -0.500. The van der Waals surface area contributed by atoms with Crippen LogP contribution in [-0.2, 0) is 6.42 Å². The van der Waals surface area contributed by atoms with Gasteiger partial charge in [-0.25, -0.2) is 4.39 Å². The van der Waals surface area contributed by atoms with E-state index >= 15 is 0 Å². The van der Waals surface area contributed by atoms with Gasteiger partial charge >= 0.3 is 0 Å². The minimum absolute atomic E-state index is 0.0849. The first kappa shape index (κ1) is 13.6. The highest BCUT2D eigenvalue weighted by atomic mass is 35.5. The van der Waals surface area contributed by atoms with E-state index in [0.717, 1.165) is 5.56 Å². The fourth-order valence-electron chi connectivity index (χ4n) is 1.89. The van der Waals surface area contributed by atoms with Crippen LogP contribution in [0, 0.1) is 12.7 Å². The zero-order valence-electron chi connectivity index (χ0n) is 10.4. The summed E-state index contributed by atoms with van der Waals surface area (Å²) in [5, 5.41) is 0.259. The molecule has 0 aliphatic rings. The Kier molecular flexibility index (Phi) is 3.86. The lowest BCUT2D eigenvalue weighted by molar-refractivity contribution is 0.0992. The van der Waals surface area contributed by atoms with Gasteiger partial charge in [-0.1, -0.05) is 29.8 Å². The van der Waals surface area contributed by atoms with E-state index in [-0.39, 0.29) is 17.2 Å². The SMILES string of the molecule is Cc1c(N)cccc1C(=O)Cc1ccc(F)cc1Cl. The predicted octanol–water partition coefficient (Wildman–Crippen LogP) is 3.80. The number of halogens is 2. The third-order valence-corrected chi connectivity index (χ3v) is 3.39. The maximum absolute atomic E-state index is 12.9. The number of benzene rings is 2. The number of ketones is 1. The van der Waals surface area contributed by atoms with Gasteiger partial charge in [0.1, 0.15) is 5.82 Å². The van der Waals surface area contributed by atoms with E-state index in [1.165, 1.54) is 18.2 Å². The number of carbonyl (C=O) groups excluding carboxylic acids is 1. The van der Waals surface area contributed by atoms with Gasteiger partial charge in [0, 0.05) is 22.7 Å². The number of nitrogens with two attached hydrogens (primary N) is 1. The summed E-state index contributed by atoms with van der Waals surface area (Å²) in [4.78, 5) is 12.2. The molecule has 0 saturated carbocycles. The van der Waals surface area contributed by atoms with Crippen molar-refractivity contribution in [3.63, 3.8) is 0 Å². The van der Waals surface area contributed by atoms with Crippen molar-refractivity contribution < 1.29 is 9.18 Å². The smallest absolute Gasteiger partial charge is 0.167 e. The average molecular weight is 278 g/mol. The summed E-state index contributed by atoms with van der Waals surface area (Å²) in [6.45, 7) is 1.80. The highest BCUT2D eigenvalue weighted by Gasteiger charge is 2.13. The second kappa shape index (κ2) is 5.41. The maximum atomic E-state index is 12.9. The summed E-state index contributed by atoms with van der Waals surface area (Å²) in [6.07, 6.45) is 0.128. The molecule has 4 heteroatoms. The third kappa shape index (κ3) is 2.93. The van der Waals surface area contributed by atoms with Crippen LogP contribution in [0.4, 0.5) is 10.1 Å². The molecule has 0 fully saturated rings. The van der Waals surface area contributed by atoms with Crippen molar-refractivity contribution in [1.29, 1.82) is 0 Å². The largest absolute Gasteiger partial charge is 0.398 e. The van der Waals surface area contributed by atoms with Gasteiger partial charge in [-0.3, -0.25) is 4.79 Å². The number of hydrogen-bond acceptors (Lipinski definition) is 2. The first-order valence-electron chi connectivity index (χ1n) is 5.81. The second-order valence-electron chi connectivity index (χ2n) is 4.36. The minimum atomic E-state index is -0.415. The van der Waals surface area contributed by atoms with E-state index in [4.69, 9.17) is 17.3 Å². The zero-order chi connectivity index (χ0) is 14.0. The Hall–Kier alpha value is -1.87. The number of anilines is 1. The predicted molar refractivity (Wildman–Crippen MR) is 75.0 cm³/mol. The molecule has 0 bridgehead atoms. The van der Waals surface area contributed by atoms with Crippen molar-refractivity contribution in [2.75, 3.05) is 5.73 Å². The molecule has 2 N–H and O–H groups in total. The molecule has 2 aromatic rings. The van der Waals surface area contributed by atoms with Crippen molar-refractivity contribution in [3.05, 3.63) is 63.9 Å². The van der Waals surface area contributed by atoms with Gasteiger partial charge in [-0.2, -0.15) is 0 Å². The van der Waals surface area contributed by atoms with Crippen molar-refractivity contribution in [1.82, 2.24) is 0 Å². The first-order valence-corrected chi connectivity index (χ1v) is 6.19. The Labute approximate surface area is 116 Å². The molecule has 0 radical (unpaired) electrons. The fourth-order valence-corrected chi connectivity index (χ4v) is 2.12. The molecule has 0 aromatic heterocycles. The molecule has 0 unspecified atom stereocenters. The molecular weight excluding hydrogens is 265 g/mol. The van der Waals surface area contributed by atoms with Gasteiger partial charge in [0.05, 0.1) is 0 Å². The van der Waals surface area contributed by atoms with E-state index < -0.39 is 5.82 Å². The van der Waals surface area contributed by atoms with Crippen LogP contribution in [-0.4, -0.2) is 5.78 Å². The number of rotatable bonds is 3. The van der Waals surface area contributed by atoms with E-state index in [9.17, 15) is 9.18 Å². The van der Waals surface area contributed by atoms with Gasteiger partial charge in [0.2, 0.25) is 0 Å². The van der Waals surface area contributed by atoms with Gasteiger partial charge < -0.3 is 5.73 Å². The molecule has 0 spiro atoms. The van der Waals surface area contributed by atoms with Crippen molar-refractivity contribution in [2.45, 2.75) is 13.3 Å². The molecule has 0 saturated heterocycles. The summed E-state index contributed by atoms with van der Waals surface area (Å²) >= 11 is 5.92. The van der Waals surface area contributed by atoms with Crippen LogP contribution in [0.3, 0.4) is 0 Å². The van der Waals surface area contributed by atoms with Crippen molar-refractivity contribution in [2.24, 2.45) is 0 Å². The van der Waals surface area contributed by atoms with Crippen LogP contribution in [0.15, 0.2) is 36.4 Å². The molecule has 0 aliphatic heterocycles. The Morgan fingerprint density at radius 1 is 1.32 bits per heavy atom. The molecule has 2 rings (SSSR count). The van der Waals surface area contributed by atoms with Gasteiger partial charge in [0.25, 0.3) is 0 Å². The molecule has 0 atom stereocenters. The Morgan fingerprint density at radius 2 is 2.05 bits per heavy atom. The summed E-state index contributed by atoms with van der Waals surface area (Å²) in [5.41, 5.74) is 8.28. The molecule has 2 aromatic carbocycles. The van der Waals surface area contributed by atoms with Crippen LogP contribution in [0.25, 0.3) is 0 Å². The van der Waals surface area contributed by atoms with E-state index in [1.807, 2.05) is 0 Å². The lowest BCUT2D eigenvalue weighted by atomic mass is 9.98. The summed E-state index contributed by atoms with van der Waals surface area (Å²) in [7, 11) is 0. The Balaban J connectivity index is 2.28. The highest BCUT2D eigenvalue weighted by molar-refractivity contribution is 6.31. The fraction of sp³-hybridized carbons (Fsp3) is 0.133. The quantitative estimate of drug-likeness (QED) is 0.685. The summed E-state index contributed by atoms with van der Waals surface area (Å²) in [6, 6.07) is 9.23. The molecule has 0 heterocycles. The molecule has 19 heavy (non-hydrogen) atoms. The van der Waals surface area contributed by atoms with E-state index in [2.05, 4.69) is 0 Å². The molecule has 2 nitrogen and oxygen atoms in total. The summed E-state index contributed by atoms with van der Waals surface area (Å²) < 4.78 is 12.9. The van der Waals surface area contributed by atoms with Gasteiger partial charge in [-0.15, -0.1) is 0 Å². The second-order valence-corrected chi connectivity index (χ2v) is 4.76. The number of carbonyl (C=O) groups is 1. The maximum Gasteiger partial charge on any atom is 0.167 e. The lowest BCUT2D eigenvalue weighted by Gasteiger charge is -2.08. The number of nitrogen functional groups attached to an aromatic ring is 1. The Bertz CT molecular complexity index is 640. The molecule has 0 aliphatic carbocycles. The average Bonchev–Trinajstić information content (AvgIpc) is 2.36. The van der Waals surface area contributed by atoms with E-state index in [0.29, 0.717) is 16.8 Å². The highest BCUT2D eigenvalue weighted by Crippen LogP contribution is 2.22. The van der Waals surface area contributed by atoms with Crippen molar-refractivity contribution in [3.8, 4) is 0 Å². The molecular formula is C15H13ClFNO. The third-order valence-electron chi connectivity index (χ3n) is 3.04. The van der Waals surface area contributed by atoms with Gasteiger partial charge in [-0.05, 0) is 36.2 Å². The van der Waals surface area contributed by atoms with Crippen LogP contribution in [0.1, 0.15) is 21.5 Å². The van der Waals surface area contributed by atoms with Gasteiger partial charge in [0.15, 0.2) is 5.78 Å².